The van der Waals surface area contributed by atoms with Crippen molar-refractivity contribution in [2.75, 3.05) is 31.1 Å². The molecule has 0 aliphatic carbocycles. The van der Waals surface area contributed by atoms with Crippen molar-refractivity contribution in [1.29, 1.82) is 0 Å². The zero-order chi connectivity index (χ0) is 19.5. The zero-order valence-corrected chi connectivity index (χ0v) is 14.7. The molecule has 0 spiro atoms. The summed E-state index contributed by atoms with van der Waals surface area (Å²) in [6.45, 7) is 5.15. The summed E-state index contributed by atoms with van der Waals surface area (Å²) < 4.78 is 38.6. The van der Waals surface area contributed by atoms with E-state index in [1.807, 2.05) is 4.90 Å². The molecule has 6 nitrogen and oxygen atoms in total. The number of halogens is 3. The van der Waals surface area contributed by atoms with Gasteiger partial charge in [0.2, 0.25) is 5.91 Å². The molecule has 1 atom stereocenters. The van der Waals surface area contributed by atoms with Crippen molar-refractivity contribution < 1.29 is 22.8 Å². The van der Waals surface area contributed by atoms with Gasteiger partial charge in [0.05, 0.1) is 5.56 Å². The Labute approximate surface area is 150 Å². The maximum Gasteiger partial charge on any atom is 0.416 e. The highest BCUT2D eigenvalue weighted by Crippen LogP contribution is 2.31. The number of carbonyl (C=O) groups is 2. The van der Waals surface area contributed by atoms with Gasteiger partial charge in [0, 0.05) is 31.9 Å². The first kappa shape index (κ1) is 19.9. The number of piperazine rings is 1. The van der Waals surface area contributed by atoms with Crippen molar-refractivity contribution in [1.82, 2.24) is 10.2 Å². The molecule has 0 unspecified atom stereocenters. The van der Waals surface area contributed by atoms with Gasteiger partial charge in [0.25, 0.3) is 0 Å². The summed E-state index contributed by atoms with van der Waals surface area (Å²) in [7, 11) is 0. The standard InChI is InChI=1S/C17H23F3N4O2/c1-11(2)14(22-16(21)26)15(25)24-8-6-23(7-9-24)13-5-3-4-12(10-13)17(18,19)20/h3-5,10-11,14H,6-9H2,1-2H3,(H3,21,22,26)/t14-/m1/s1. The number of primary amides is 1. The molecule has 0 saturated carbocycles. The third-order valence-corrected chi connectivity index (χ3v) is 4.36. The van der Waals surface area contributed by atoms with Crippen LogP contribution in [0.15, 0.2) is 24.3 Å². The Morgan fingerprint density at radius 2 is 1.77 bits per heavy atom. The molecular formula is C17H23F3N4O2. The van der Waals surface area contributed by atoms with Gasteiger partial charge in [-0.05, 0) is 24.1 Å². The predicted octanol–water partition coefficient (Wildman–Crippen LogP) is 2.05. The summed E-state index contributed by atoms with van der Waals surface area (Å²) in [6, 6.07) is 3.67. The highest BCUT2D eigenvalue weighted by atomic mass is 19.4. The van der Waals surface area contributed by atoms with Crippen molar-refractivity contribution >= 4 is 17.6 Å². The van der Waals surface area contributed by atoms with E-state index in [0.29, 0.717) is 31.9 Å². The lowest BCUT2D eigenvalue weighted by Crippen LogP contribution is -2.57. The van der Waals surface area contributed by atoms with Crippen LogP contribution in [0, 0.1) is 5.92 Å². The zero-order valence-electron chi connectivity index (χ0n) is 14.7. The molecule has 3 N–H and O–H groups in total. The van der Waals surface area contributed by atoms with Gasteiger partial charge in [0.1, 0.15) is 6.04 Å². The van der Waals surface area contributed by atoms with E-state index in [-0.39, 0.29) is 11.8 Å². The molecule has 1 aromatic carbocycles. The molecule has 1 aliphatic heterocycles. The van der Waals surface area contributed by atoms with Crippen LogP contribution >= 0.6 is 0 Å². The van der Waals surface area contributed by atoms with Crippen LogP contribution < -0.4 is 16.0 Å². The summed E-state index contributed by atoms with van der Waals surface area (Å²) >= 11 is 0. The van der Waals surface area contributed by atoms with Crippen molar-refractivity contribution in [2.24, 2.45) is 11.7 Å². The van der Waals surface area contributed by atoms with Gasteiger partial charge in [-0.3, -0.25) is 4.79 Å². The number of nitrogens with two attached hydrogens (primary N) is 1. The van der Waals surface area contributed by atoms with E-state index >= 15 is 0 Å². The molecule has 2 rings (SSSR count). The van der Waals surface area contributed by atoms with Crippen molar-refractivity contribution in [3.8, 4) is 0 Å². The quantitative estimate of drug-likeness (QED) is 0.849. The molecule has 144 valence electrons. The first-order valence-electron chi connectivity index (χ1n) is 8.36. The minimum atomic E-state index is -4.39. The average Bonchev–Trinajstić information content (AvgIpc) is 2.58. The summed E-state index contributed by atoms with van der Waals surface area (Å²) in [5.74, 6) is -0.362. The SMILES string of the molecule is CC(C)[C@@H](NC(N)=O)C(=O)N1CCN(c2cccc(C(F)(F)F)c2)CC1. The number of urea groups is 1. The van der Waals surface area contributed by atoms with Crippen LogP contribution in [-0.2, 0) is 11.0 Å². The van der Waals surface area contributed by atoms with Gasteiger partial charge < -0.3 is 20.9 Å². The fourth-order valence-electron chi connectivity index (χ4n) is 2.93. The molecule has 3 amide bonds. The number of hydrogen-bond acceptors (Lipinski definition) is 3. The highest BCUT2D eigenvalue weighted by Gasteiger charge is 2.32. The molecular weight excluding hydrogens is 349 g/mol. The number of rotatable bonds is 4. The minimum Gasteiger partial charge on any atom is -0.368 e. The van der Waals surface area contributed by atoms with E-state index in [2.05, 4.69) is 5.32 Å². The Morgan fingerprint density at radius 3 is 2.27 bits per heavy atom. The number of amides is 3. The van der Waals surface area contributed by atoms with Gasteiger partial charge >= 0.3 is 12.2 Å². The number of anilines is 1. The first-order chi connectivity index (χ1) is 12.1. The van der Waals surface area contributed by atoms with Crippen LogP contribution in [0.4, 0.5) is 23.7 Å². The Hall–Kier alpha value is -2.45. The van der Waals surface area contributed by atoms with E-state index in [0.717, 1.165) is 12.1 Å². The summed E-state index contributed by atoms with van der Waals surface area (Å²) in [5, 5.41) is 2.45. The van der Waals surface area contributed by atoms with E-state index in [4.69, 9.17) is 5.73 Å². The number of nitrogens with one attached hydrogen (secondary N) is 1. The Bertz CT molecular complexity index is 656. The molecule has 0 aromatic heterocycles. The number of nitrogens with zero attached hydrogens (tertiary/aromatic N) is 2. The Morgan fingerprint density at radius 1 is 1.15 bits per heavy atom. The lowest BCUT2D eigenvalue weighted by atomic mass is 10.0. The lowest BCUT2D eigenvalue weighted by Gasteiger charge is -2.38. The number of alkyl halides is 3. The smallest absolute Gasteiger partial charge is 0.368 e. The summed E-state index contributed by atoms with van der Waals surface area (Å²) in [4.78, 5) is 27.1. The Kier molecular flexibility index (Phi) is 5.99. The van der Waals surface area contributed by atoms with Crippen LogP contribution in [-0.4, -0.2) is 49.1 Å². The minimum absolute atomic E-state index is 0.128. The third-order valence-electron chi connectivity index (χ3n) is 4.36. The van der Waals surface area contributed by atoms with E-state index in [1.54, 1.807) is 24.8 Å². The van der Waals surface area contributed by atoms with Gasteiger partial charge in [0.15, 0.2) is 0 Å². The molecule has 0 bridgehead atoms. The predicted molar refractivity (Wildman–Crippen MR) is 91.6 cm³/mol. The third kappa shape index (κ3) is 4.80. The monoisotopic (exact) mass is 372 g/mol. The second-order valence-electron chi connectivity index (χ2n) is 6.59. The van der Waals surface area contributed by atoms with Gasteiger partial charge in [-0.25, -0.2) is 4.79 Å². The number of carbonyl (C=O) groups excluding carboxylic acids is 2. The van der Waals surface area contributed by atoms with Gasteiger partial charge in [-0.2, -0.15) is 13.2 Å². The fourth-order valence-corrected chi connectivity index (χ4v) is 2.93. The maximum atomic E-state index is 12.9. The lowest BCUT2D eigenvalue weighted by molar-refractivity contribution is -0.137. The maximum absolute atomic E-state index is 12.9. The van der Waals surface area contributed by atoms with Crippen LogP contribution in [0.2, 0.25) is 0 Å². The number of benzene rings is 1. The second kappa shape index (κ2) is 7.84. The van der Waals surface area contributed by atoms with Gasteiger partial charge in [-0.1, -0.05) is 19.9 Å². The van der Waals surface area contributed by atoms with Crippen molar-refractivity contribution in [3.05, 3.63) is 29.8 Å². The molecule has 26 heavy (non-hydrogen) atoms. The van der Waals surface area contributed by atoms with Crippen molar-refractivity contribution in [2.45, 2.75) is 26.1 Å². The van der Waals surface area contributed by atoms with Gasteiger partial charge in [-0.15, -0.1) is 0 Å². The van der Waals surface area contributed by atoms with Crippen molar-refractivity contribution in [3.63, 3.8) is 0 Å². The highest BCUT2D eigenvalue weighted by molar-refractivity contribution is 5.87. The Balaban J connectivity index is 2.02. The van der Waals surface area contributed by atoms with E-state index < -0.39 is 23.8 Å². The first-order valence-corrected chi connectivity index (χ1v) is 8.36. The second-order valence-corrected chi connectivity index (χ2v) is 6.59. The summed E-state index contributed by atoms with van der Waals surface area (Å²) in [5.41, 5.74) is 4.90. The van der Waals surface area contributed by atoms with Crippen LogP contribution in [0.25, 0.3) is 0 Å². The molecule has 0 radical (unpaired) electrons. The molecule has 9 heteroatoms. The molecule has 1 aromatic rings. The summed E-state index contributed by atoms with van der Waals surface area (Å²) in [6.07, 6.45) is -4.39. The fraction of sp³-hybridized carbons (Fsp3) is 0.529. The molecule has 1 saturated heterocycles. The topological polar surface area (TPSA) is 78.7 Å². The van der Waals surface area contributed by atoms with Crippen LogP contribution in [0.3, 0.4) is 0 Å². The average molecular weight is 372 g/mol. The molecule has 1 fully saturated rings. The largest absolute Gasteiger partial charge is 0.416 e. The molecule has 1 heterocycles. The number of hydrogen-bond donors (Lipinski definition) is 2. The van der Waals surface area contributed by atoms with E-state index in [9.17, 15) is 22.8 Å². The van der Waals surface area contributed by atoms with Crippen LogP contribution in [0.5, 0.6) is 0 Å². The normalized spacial score (nSPS) is 16.5. The van der Waals surface area contributed by atoms with Crippen LogP contribution in [0.1, 0.15) is 19.4 Å². The molecule has 1 aliphatic rings. The van der Waals surface area contributed by atoms with E-state index in [1.165, 1.54) is 6.07 Å².